The lowest BCUT2D eigenvalue weighted by atomic mass is 10.1. The molecule has 0 spiro atoms. The number of para-hydroxylation sites is 1. The summed E-state index contributed by atoms with van der Waals surface area (Å²) in [6.07, 6.45) is 2.00. The van der Waals surface area contributed by atoms with Crippen molar-refractivity contribution in [2.45, 2.75) is 19.9 Å². The molecule has 2 nitrogen and oxygen atoms in total. The highest BCUT2D eigenvalue weighted by Gasteiger charge is 2.08. The first-order valence-corrected chi connectivity index (χ1v) is 5.06. The molecule has 1 aromatic carbocycles. The number of hydrogen-bond acceptors (Lipinski definition) is 2. The van der Waals surface area contributed by atoms with Gasteiger partial charge in [0, 0.05) is 5.39 Å². The van der Waals surface area contributed by atoms with Crippen LogP contribution in [-0.4, -0.2) is 0 Å². The van der Waals surface area contributed by atoms with Gasteiger partial charge in [0.1, 0.15) is 11.3 Å². The van der Waals surface area contributed by atoms with Gasteiger partial charge in [0.2, 0.25) is 0 Å². The molecular weight excluding hydrogens is 186 g/mol. The predicted octanol–water partition coefficient (Wildman–Crippen LogP) is 3.40. The van der Waals surface area contributed by atoms with E-state index in [1.54, 1.807) is 0 Å². The van der Waals surface area contributed by atoms with Crippen molar-refractivity contribution in [1.82, 2.24) is 0 Å². The van der Waals surface area contributed by atoms with Crippen molar-refractivity contribution in [1.29, 1.82) is 0 Å². The molecule has 2 aromatic rings. The monoisotopic (exact) mass is 201 g/mol. The van der Waals surface area contributed by atoms with Crippen LogP contribution in [0.15, 0.2) is 46.4 Å². The summed E-state index contributed by atoms with van der Waals surface area (Å²) >= 11 is 0. The van der Waals surface area contributed by atoms with E-state index in [0.29, 0.717) is 0 Å². The van der Waals surface area contributed by atoms with Gasteiger partial charge in [-0.3, -0.25) is 0 Å². The van der Waals surface area contributed by atoms with E-state index < -0.39 is 0 Å². The summed E-state index contributed by atoms with van der Waals surface area (Å²) < 4.78 is 5.66. The van der Waals surface area contributed by atoms with E-state index in [1.807, 2.05) is 50.3 Å². The molecule has 2 heteroatoms. The quantitative estimate of drug-likeness (QED) is 0.756. The summed E-state index contributed by atoms with van der Waals surface area (Å²) in [5, 5.41) is 1.10. The molecule has 0 saturated heterocycles. The Hall–Kier alpha value is -1.54. The van der Waals surface area contributed by atoms with Gasteiger partial charge in [-0.25, -0.2) is 0 Å². The van der Waals surface area contributed by atoms with E-state index in [1.165, 1.54) is 5.57 Å². The maximum Gasteiger partial charge on any atom is 0.134 e. The highest BCUT2D eigenvalue weighted by Crippen LogP contribution is 2.23. The second-order valence-electron chi connectivity index (χ2n) is 3.96. The molecule has 2 N–H and O–H groups in total. The molecular formula is C13H15NO. The summed E-state index contributed by atoms with van der Waals surface area (Å²) in [4.78, 5) is 0. The van der Waals surface area contributed by atoms with Crippen LogP contribution in [-0.2, 0) is 0 Å². The van der Waals surface area contributed by atoms with Crippen LogP contribution in [0.2, 0.25) is 0 Å². The Balaban J connectivity index is 2.40. The molecule has 0 radical (unpaired) electrons. The van der Waals surface area contributed by atoms with Gasteiger partial charge in [0.25, 0.3) is 0 Å². The third-order valence-corrected chi connectivity index (χ3v) is 2.29. The Morgan fingerprint density at radius 3 is 2.73 bits per heavy atom. The zero-order chi connectivity index (χ0) is 10.8. The number of hydrogen-bond donors (Lipinski definition) is 1. The van der Waals surface area contributed by atoms with Gasteiger partial charge in [0.15, 0.2) is 0 Å². The highest BCUT2D eigenvalue weighted by atomic mass is 16.3. The largest absolute Gasteiger partial charge is 0.459 e. The minimum atomic E-state index is -0.151. The highest BCUT2D eigenvalue weighted by molar-refractivity contribution is 5.77. The molecule has 1 unspecified atom stereocenters. The third kappa shape index (κ3) is 2.10. The van der Waals surface area contributed by atoms with Crippen LogP contribution in [0.1, 0.15) is 25.6 Å². The first-order valence-electron chi connectivity index (χ1n) is 5.06. The number of nitrogens with two attached hydrogens (primary N) is 1. The fraction of sp³-hybridized carbons (Fsp3) is 0.231. The van der Waals surface area contributed by atoms with Gasteiger partial charge in [0.05, 0.1) is 6.04 Å². The zero-order valence-electron chi connectivity index (χ0n) is 9.03. The Kier molecular flexibility index (Phi) is 2.60. The van der Waals surface area contributed by atoms with Crippen molar-refractivity contribution in [2.24, 2.45) is 5.73 Å². The van der Waals surface area contributed by atoms with Crippen LogP contribution >= 0.6 is 0 Å². The van der Waals surface area contributed by atoms with Crippen molar-refractivity contribution in [3.8, 4) is 0 Å². The summed E-state index contributed by atoms with van der Waals surface area (Å²) in [5.74, 6) is 0.817. The molecule has 78 valence electrons. The molecule has 15 heavy (non-hydrogen) atoms. The normalized spacial score (nSPS) is 12.7. The van der Waals surface area contributed by atoms with Crippen molar-refractivity contribution in [3.05, 3.63) is 47.7 Å². The van der Waals surface area contributed by atoms with Crippen LogP contribution in [0.5, 0.6) is 0 Å². The number of benzene rings is 1. The van der Waals surface area contributed by atoms with Gasteiger partial charge in [-0.05, 0) is 26.0 Å². The van der Waals surface area contributed by atoms with E-state index in [9.17, 15) is 0 Å². The maximum atomic E-state index is 5.99. The van der Waals surface area contributed by atoms with Gasteiger partial charge in [-0.2, -0.15) is 0 Å². The van der Waals surface area contributed by atoms with Crippen molar-refractivity contribution in [3.63, 3.8) is 0 Å². The van der Waals surface area contributed by atoms with Crippen LogP contribution in [0.3, 0.4) is 0 Å². The second-order valence-corrected chi connectivity index (χ2v) is 3.96. The van der Waals surface area contributed by atoms with E-state index in [4.69, 9.17) is 10.2 Å². The summed E-state index contributed by atoms with van der Waals surface area (Å²) in [5.41, 5.74) is 8.08. The van der Waals surface area contributed by atoms with Gasteiger partial charge in [-0.1, -0.05) is 29.8 Å². The van der Waals surface area contributed by atoms with Crippen LogP contribution in [0, 0.1) is 0 Å². The van der Waals surface area contributed by atoms with E-state index >= 15 is 0 Å². The number of rotatable bonds is 2. The molecule has 2 rings (SSSR count). The number of fused-ring (bicyclic) bond motifs is 1. The first-order chi connectivity index (χ1) is 7.16. The van der Waals surface area contributed by atoms with Crippen molar-refractivity contribution < 1.29 is 4.42 Å². The Labute approximate surface area is 89.4 Å². The smallest absolute Gasteiger partial charge is 0.134 e. The van der Waals surface area contributed by atoms with Gasteiger partial charge in [-0.15, -0.1) is 0 Å². The SMILES string of the molecule is CC(C)=CC(N)c1cc2ccccc2o1. The van der Waals surface area contributed by atoms with Crippen LogP contribution in [0.4, 0.5) is 0 Å². The molecule has 1 heterocycles. The summed E-state index contributed by atoms with van der Waals surface area (Å²) in [7, 11) is 0. The first kappa shape index (κ1) is 9.99. The van der Waals surface area contributed by atoms with E-state index in [-0.39, 0.29) is 6.04 Å². The predicted molar refractivity (Wildman–Crippen MR) is 62.6 cm³/mol. The molecule has 0 aliphatic carbocycles. The average molecular weight is 201 g/mol. The topological polar surface area (TPSA) is 39.2 Å². The maximum absolute atomic E-state index is 5.99. The minimum absolute atomic E-state index is 0.151. The number of furan rings is 1. The fourth-order valence-corrected chi connectivity index (χ4v) is 1.61. The summed E-state index contributed by atoms with van der Waals surface area (Å²) in [6, 6.07) is 9.78. The minimum Gasteiger partial charge on any atom is -0.459 e. The van der Waals surface area contributed by atoms with Crippen LogP contribution < -0.4 is 5.73 Å². The van der Waals surface area contributed by atoms with Gasteiger partial charge >= 0.3 is 0 Å². The average Bonchev–Trinajstić information content (AvgIpc) is 2.59. The summed E-state index contributed by atoms with van der Waals surface area (Å²) in [6.45, 7) is 4.06. The molecule has 0 aliphatic heterocycles. The molecule has 1 aromatic heterocycles. The second kappa shape index (κ2) is 3.91. The Morgan fingerprint density at radius 2 is 2.07 bits per heavy atom. The lowest BCUT2D eigenvalue weighted by molar-refractivity contribution is 0.529. The van der Waals surface area contributed by atoms with Gasteiger partial charge < -0.3 is 10.2 Å². The Bertz CT molecular complexity index is 459. The van der Waals surface area contributed by atoms with Crippen molar-refractivity contribution >= 4 is 11.0 Å². The Morgan fingerprint density at radius 1 is 1.33 bits per heavy atom. The molecule has 0 bridgehead atoms. The van der Waals surface area contributed by atoms with Crippen LogP contribution in [0.25, 0.3) is 11.0 Å². The standard InChI is InChI=1S/C13H15NO/c1-9(2)7-11(14)13-8-10-5-3-4-6-12(10)15-13/h3-8,11H,14H2,1-2H3. The van der Waals surface area contributed by atoms with Crippen molar-refractivity contribution in [2.75, 3.05) is 0 Å². The molecule has 0 saturated carbocycles. The third-order valence-electron chi connectivity index (χ3n) is 2.29. The lowest BCUT2D eigenvalue weighted by Gasteiger charge is -2.02. The molecule has 0 fully saturated rings. The van der Waals surface area contributed by atoms with E-state index in [2.05, 4.69) is 0 Å². The zero-order valence-corrected chi connectivity index (χ0v) is 9.03. The number of allylic oxidation sites excluding steroid dienone is 1. The molecule has 0 aliphatic rings. The fourth-order valence-electron chi connectivity index (χ4n) is 1.61. The molecule has 0 amide bonds. The van der Waals surface area contributed by atoms with E-state index in [0.717, 1.165) is 16.7 Å². The molecule has 1 atom stereocenters. The lowest BCUT2D eigenvalue weighted by Crippen LogP contribution is -2.05.